The zero-order valence-corrected chi connectivity index (χ0v) is 9.40. The highest BCUT2D eigenvalue weighted by atomic mass is 79.9. The van der Waals surface area contributed by atoms with Crippen LogP contribution in [0.3, 0.4) is 0 Å². The topological polar surface area (TPSA) is 17.1 Å². The molecule has 1 aromatic rings. The first-order valence-electron chi connectivity index (χ1n) is 4.17. The van der Waals surface area contributed by atoms with Crippen molar-refractivity contribution < 1.29 is 4.79 Å². The first kappa shape index (κ1) is 9.28. The minimum atomic E-state index is 0.426. The molecule has 0 aromatic heterocycles. The molecule has 1 nitrogen and oxygen atoms in total. The van der Waals surface area contributed by atoms with Gasteiger partial charge in [0.2, 0.25) is 0 Å². The first-order chi connectivity index (χ1) is 6.31. The average Bonchev–Trinajstić information content (AvgIpc) is 2.49. The second kappa shape index (κ2) is 3.84. The van der Waals surface area contributed by atoms with Crippen LogP contribution in [0.5, 0.6) is 0 Å². The van der Waals surface area contributed by atoms with E-state index < -0.39 is 0 Å². The van der Waals surface area contributed by atoms with Gasteiger partial charge in [-0.2, -0.15) is 0 Å². The molecule has 0 saturated heterocycles. The smallest absolute Gasteiger partial charge is 0.120 e. The first-order valence-corrected chi connectivity index (χ1v) is 5.95. The van der Waals surface area contributed by atoms with E-state index in [1.165, 1.54) is 10.5 Å². The number of hydrogen-bond donors (Lipinski definition) is 0. The van der Waals surface area contributed by atoms with Crippen molar-refractivity contribution in [1.29, 1.82) is 0 Å². The van der Waals surface area contributed by atoms with Crippen LogP contribution in [-0.2, 0) is 4.79 Å². The molecule has 1 aromatic carbocycles. The molecule has 0 aliphatic carbocycles. The fraction of sp³-hybridized carbons (Fsp3) is 0.300. The molecule has 0 fully saturated rings. The fourth-order valence-corrected chi connectivity index (χ4v) is 3.19. The summed E-state index contributed by atoms with van der Waals surface area (Å²) in [6.45, 7) is 0. The molecule has 68 valence electrons. The molecule has 0 spiro atoms. The lowest BCUT2D eigenvalue weighted by Gasteiger charge is -2.05. The number of aldehydes is 1. The molecule has 0 N–H and O–H groups in total. The lowest BCUT2D eigenvalue weighted by molar-refractivity contribution is -0.108. The van der Waals surface area contributed by atoms with E-state index >= 15 is 0 Å². The van der Waals surface area contributed by atoms with Gasteiger partial charge >= 0.3 is 0 Å². The summed E-state index contributed by atoms with van der Waals surface area (Å²) >= 11 is 5.29. The molecule has 1 heterocycles. The summed E-state index contributed by atoms with van der Waals surface area (Å²) < 4.78 is 1.10. The number of thioether (sulfide) groups is 1. The largest absolute Gasteiger partial charge is 0.303 e. The van der Waals surface area contributed by atoms with E-state index in [1.807, 2.05) is 11.8 Å². The molecule has 0 radical (unpaired) electrons. The third kappa shape index (κ3) is 1.81. The zero-order chi connectivity index (χ0) is 9.26. The van der Waals surface area contributed by atoms with Gasteiger partial charge in [0.05, 0.1) is 0 Å². The van der Waals surface area contributed by atoms with Gasteiger partial charge in [0, 0.05) is 27.5 Å². The summed E-state index contributed by atoms with van der Waals surface area (Å²) in [5.41, 5.74) is 1.33. The Bertz CT molecular complexity index is 338. The van der Waals surface area contributed by atoms with Gasteiger partial charge in [-0.3, -0.25) is 0 Å². The van der Waals surface area contributed by atoms with Crippen LogP contribution in [0.25, 0.3) is 0 Å². The van der Waals surface area contributed by atoms with Crippen LogP contribution >= 0.6 is 27.7 Å². The number of hydrogen-bond acceptors (Lipinski definition) is 2. The van der Waals surface area contributed by atoms with E-state index in [1.54, 1.807) is 0 Å². The van der Waals surface area contributed by atoms with E-state index in [4.69, 9.17) is 0 Å². The maximum atomic E-state index is 10.4. The van der Waals surface area contributed by atoms with Crippen molar-refractivity contribution in [2.45, 2.75) is 17.2 Å². The van der Waals surface area contributed by atoms with Crippen LogP contribution in [0.15, 0.2) is 27.6 Å². The Balaban J connectivity index is 2.34. The molecule has 1 atom stereocenters. The second-order valence-corrected chi connectivity index (χ2v) is 5.07. The van der Waals surface area contributed by atoms with Crippen LogP contribution in [-0.4, -0.2) is 12.0 Å². The molecule has 0 bridgehead atoms. The highest BCUT2D eigenvalue weighted by Gasteiger charge is 2.22. The summed E-state index contributed by atoms with van der Waals surface area (Å²) in [4.78, 5) is 11.8. The average molecular weight is 257 g/mol. The van der Waals surface area contributed by atoms with Crippen molar-refractivity contribution in [3.63, 3.8) is 0 Å². The monoisotopic (exact) mass is 256 g/mol. The molecule has 0 saturated carbocycles. The van der Waals surface area contributed by atoms with Gasteiger partial charge in [-0.15, -0.1) is 11.8 Å². The van der Waals surface area contributed by atoms with Crippen LogP contribution < -0.4 is 0 Å². The highest BCUT2D eigenvalue weighted by Crippen LogP contribution is 2.41. The number of carbonyl (C=O) groups excluding carboxylic acids is 1. The molecule has 1 aliphatic heterocycles. The van der Waals surface area contributed by atoms with Gasteiger partial charge in [-0.25, -0.2) is 0 Å². The summed E-state index contributed by atoms with van der Waals surface area (Å²) in [7, 11) is 0. The van der Waals surface area contributed by atoms with E-state index in [2.05, 4.69) is 34.1 Å². The number of rotatable bonds is 2. The van der Waals surface area contributed by atoms with E-state index in [0.717, 1.165) is 16.5 Å². The van der Waals surface area contributed by atoms with Gasteiger partial charge in [-0.1, -0.05) is 15.9 Å². The summed E-state index contributed by atoms with van der Waals surface area (Å²) in [5, 5.41) is 0. The maximum Gasteiger partial charge on any atom is 0.120 e. The summed E-state index contributed by atoms with van der Waals surface area (Å²) in [6.07, 6.45) is 1.66. The Morgan fingerprint density at radius 1 is 1.62 bits per heavy atom. The Morgan fingerprint density at radius 2 is 2.46 bits per heavy atom. The second-order valence-electron chi connectivity index (χ2n) is 3.09. The molecule has 0 amide bonds. The van der Waals surface area contributed by atoms with E-state index in [9.17, 15) is 4.79 Å². The Labute approximate surface area is 90.0 Å². The molecule has 2 rings (SSSR count). The summed E-state index contributed by atoms with van der Waals surface area (Å²) in [5.74, 6) is 1.47. The maximum absolute atomic E-state index is 10.4. The van der Waals surface area contributed by atoms with Gasteiger partial charge in [0.15, 0.2) is 0 Å². The van der Waals surface area contributed by atoms with Crippen molar-refractivity contribution in [2.24, 2.45) is 0 Å². The van der Waals surface area contributed by atoms with E-state index in [0.29, 0.717) is 12.3 Å². The van der Waals surface area contributed by atoms with Crippen molar-refractivity contribution >= 4 is 34.0 Å². The number of fused-ring (bicyclic) bond motifs is 1. The number of carbonyl (C=O) groups is 1. The molecular weight excluding hydrogens is 248 g/mol. The molecule has 3 heteroatoms. The highest BCUT2D eigenvalue weighted by molar-refractivity contribution is 9.10. The number of benzene rings is 1. The third-order valence-electron chi connectivity index (χ3n) is 2.23. The quantitative estimate of drug-likeness (QED) is 0.756. The molecular formula is C10H9BrOS. The van der Waals surface area contributed by atoms with Gasteiger partial charge in [0.1, 0.15) is 6.29 Å². The van der Waals surface area contributed by atoms with Gasteiger partial charge in [-0.05, 0) is 23.8 Å². The molecule has 1 unspecified atom stereocenters. The Kier molecular flexibility index (Phi) is 2.74. The third-order valence-corrected chi connectivity index (χ3v) is 3.98. The van der Waals surface area contributed by atoms with Crippen molar-refractivity contribution in [3.8, 4) is 0 Å². The van der Waals surface area contributed by atoms with Crippen LogP contribution in [0.1, 0.15) is 17.9 Å². The van der Waals surface area contributed by atoms with Crippen molar-refractivity contribution in [3.05, 3.63) is 28.2 Å². The SMILES string of the molecule is O=CCC1CSc2ccc(Br)cc21. The predicted molar refractivity (Wildman–Crippen MR) is 58.3 cm³/mol. The lowest BCUT2D eigenvalue weighted by Crippen LogP contribution is -1.97. The standard InChI is InChI=1S/C10H9BrOS/c11-8-1-2-10-9(5-8)7(3-4-12)6-13-10/h1-2,4-5,7H,3,6H2. The Hall–Kier alpha value is -0.280. The fourth-order valence-electron chi connectivity index (χ4n) is 1.56. The lowest BCUT2D eigenvalue weighted by atomic mass is 9.99. The summed E-state index contributed by atoms with van der Waals surface area (Å²) in [6, 6.07) is 6.30. The minimum absolute atomic E-state index is 0.426. The molecule has 13 heavy (non-hydrogen) atoms. The van der Waals surface area contributed by atoms with Gasteiger partial charge in [0.25, 0.3) is 0 Å². The van der Waals surface area contributed by atoms with Gasteiger partial charge < -0.3 is 4.79 Å². The number of halogens is 1. The normalized spacial score (nSPS) is 19.9. The van der Waals surface area contributed by atoms with E-state index in [-0.39, 0.29) is 0 Å². The van der Waals surface area contributed by atoms with Crippen LogP contribution in [0, 0.1) is 0 Å². The Morgan fingerprint density at radius 3 is 3.23 bits per heavy atom. The van der Waals surface area contributed by atoms with Crippen molar-refractivity contribution in [1.82, 2.24) is 0 Å². The molecule has 1 aliphatic rings. The predicted octanol–water partition coefficient (Wildman–Crippen LogP) is 3.23. The van der Waals surface area contributed by atoms with Crippen LogP contribution in [0.2, 0.25) is 0 Å². The zero-order valence-electron chi connectivity index (χ0n) is 7.00. The minimum Gasteiger partial charge on any atom is -0.303 e. The van der Waals surface area contributed by atoms with Crippen LogP contribution in [0.4, 0.5) is 0 Å². The van der Waals surface area contributed by atoms with Crippen molar-refractivity contribution in [2.75, 3.05) is 5.75 Å².